The molecular weight excluding hydrogens is 268 g/mol. The maximum Gasteiger partial charge on any atom is 0.303 e. The van der Waals surface area contributed by atoms with Gasteiger partial charge in [-0.3, -0.25) is 4.79 Å². The van der Waals surface area contributed by atoms with Crippen LogP contribution in [0.1, 0.15) is 57.9 Å². The third kappa shape index (κ3) is 4.96. The highest BCUT2D eigenvalue weighted by Gasteiger charge is 2.31. The Morgan fingerprint density at radius 3 is 2.48 bits per heavy atom. The first-order valence-corrected chi connectivity index (χ1v) is 7.69. The maximum absolute atomic E-state index is 10.4. The van der Waals surface area contributed by atoms with Crippen LogP contribution < -0.4 is 9.47 Å². The standard InChI is InChI=1S/C17H24O4/c1-17(2)20-14-11-10-13(12-15(14)21-17)8-6-4-3-5-7-9-16(18)19/h10-12H,3-9H2,1-2H3,(H,18,19). The minimum absolute atomic E-state index is 0.290. The number of aryl methyl sites for hydroxylation is 1. The molecule has 0 radical (unpaired) electrons. The van der Waals surface area contributed by atoms with Gasteiger partial charge in [0, 0.05) is 20.3 Å². The molecule has 4 heteroatoms. The van der Waals surface area contributed by atoms with Crippen molar-refractivity contribution in [2.45, 2.75) is 64.6 Å². The van der Waals surface area contributed by atoms with Gasteiger partial charge in [0.25, 0.3) is 0 Å². The quantitative estimate of drug-likeness (QED) is 0.731. The van der Waals surface area contributed by atoms with Gasteiger partial charge in [0.1, 0.15) is 0 Å². The van der Waals surface area contributed by atoms with Crippen molar-refractivity contribution in [2.24, 2.45) is 0 Å². The lowest BCUT2D eigenvalue weighted by Crippen LogP contribution is -2.29. The van der Waals surface area contributed by atoms with Crippen LogP contribution in [0.25, 0.3) is 0 Å². The summed E-state index contributed by atoms with van der Waals surface area (Å²) in [7, 11) is 0. The molecule has 0 spiro atoms. The molecule has 1 aromatic rings. The van der Waals surface area contributed by atoms with Gasteiger partial charge in [-0.1, -0.05) is 25.3 Å². The normalized spacial score (nSPS) is 15.1. The largest absolute Gasteiger partial charge is 0.481 e. The number of hydrogen-bond acceptors (Lipinski definition) is 3. The average molecular weight is 292 g/mol. The molecule has 1 aliphatic rings. The summed E-state index contributed by atoms with van der Waals surface area (Å²) in [6.45, 7) is 3.81. The third-order valence-corrected chi connectivity index (χ3v) is 3.58. The fourth-order valence-corrected chi connectivity index (χ4v) is 2.56. The molecule has 0 bridgehead atoms. The fraction of sp³-hybridized carbons (Fsp3) is 0.588. The van der Waals surface area contributed by atoms with E-state index in [-0.39, 0.29) is 6.42 Å². The maximum atomic E-state index is 10.4. The van der Waals surface area contributed by atoms with Gasteiger partial charge in [-0.25, -0.2) is 0 Å². The van der Waals surface area contributed by atoms with Gasteiger partial charge in [0.15, 0.2) is 11.5 Å². The highest BCUT2D eigenvalue weighted by molar-refractivity contribution is 5.66. The van der Waals surface area contributed by atoms with Gasteiger partial charge in [0.2, 0.25) is 5.79 Å². The molecule has 2 rings (SSSR count). The van der Waals surface area contributed by atoms with Crippen LogP contribution in [0.3, 0.4) is 0 Å². The van der Waals surface area contributed by atoms with Crippen molar-refractivity contribution in [1.29, 1.82) is 0 Å². The minimum atomic E-state index is -0.696. The van der Waals surface area contributed by atoms with E-state index in [0.717, 1.165) is 50.0 Å². The summed E-state index contributed by atoms with van der Waals surface area (Å²) in [5, 5.41) is 8.56. The SMILES string of the molecule is CC1(C)Oc2ccc(CCCCCCCC(=O)O)cc2O1. The van der Waals surface area contributed by atoms with Crippen molar-refractivity contribution in [2.75, 3.05) is 0 Å². The molecule has 0 aliphatic carbocycles. The predicted molar refractivity (Wildman–Crippen MR) is 80.8 cm³/mol. The Morgan fingerprint density at radius 2 is 1.71 bits per heavy atom. The Balaban J connectivity index is 1.67. The smallest absolute Gasteiger partial charge is 0.303 e. The predicted octanol–water partition coefficient (Wildman–Crippen LogP) is 4.16. The lowest BCUT2D eigenvalue weighted by molar-refractivity contribution is -0.137. The van der Waals surface area contributed by atoms with E-state index >= 15 is 0 Å². The second-order valence-electron chi connectivity index (χ2n) is 6.05. The second-order valence-corrected chi connectivity index (χ2v) is 6.05. The first-order chi connectivity index (χ1) is 9.96. The van der Waals surface area contributed by atoms with E-state index in [1.54, 1.807) is 0 Å². The molecule has 0 saturated carbocycles. The van der Waals surface area contributed by atoms with Crippen LogP contribution in [0.15, 0.2) is 18.2 Å². The zero-order chi connectivity index (χ0) is 15.3. The minimum Gasteiger partial charge on any atom is -0.481 e. The van der Waals surface area contributed by atoms with E-state index in [4.69, 9.17) is 14.6 Å². The summed E-state index contributed by atoms with van der Waals surface area (Å²) in [5.74, 6) is 0.389. The lowest BCUT2D eigenvalue weighted by Gasteiger charge is -2.16. The van der Waals surface area contributed by atoms with Gasteiger partial charge in [-0.2, -0.15) is 0 Å². The topological polar surface area (TPSA) is 55.8 Å². The third-order valence-electron chi connectivity index (χ3n) is 3.58. The summed E-state index contributed by atoms with van der Waals surface area (Å²) in [6, 6.07) is 6.13. The molecule has 0 aromatic heterocycles. The average Bonchev–Trinajstić information content (AvgIpc) is 2.70. The van der Waals surface area contributed by atoms with E-state index in [9.17, 15) is 4.79 Å². The molecule has 1 N–H and O–H groups in total. The van der Waals surface area contributed by atoms with Gasteiger partial charge < -0.3 is 14.6 Å². The molecule has 1 heterocycles. The van der Waals surface area contributed by atoms with Gasteiger partial charge in [-0.15, -0.1) is 0 Å². The molecule has 1 aromatic carbocycles. The molecule has 21 heavy (non-hydrogen) atoms. The van der Waals surface area contributed by atoms with Crippen LogP contribution in [0.2, 0.25) is 0 Å². The van der Waals surface area contributed by atoms with Crippen LogP contribution in [0.4, 0.5) is 0 Å². The molecule has 0 saturated heterocycles. The Hall–Kier alpha value is -1.71. The summed E-state index contributed by atoms with van der Waals surface area (Å²) < 4.78 is 11.4. The molecule has 116 valence electrons. The number of carboxylic acid groups (broad SMARTS) is 1. The molecule has 0 fully saturated rings. The van der Waals surface area contributed by atoms with Crippen LogP contribution in [0, 0.1) is 0 Å². The summed E-state index contributed by atoms with van der Waals surface area (Å²) in [4.78, 5) is 10.4. The highest BCUT2D eigenvalue weighted by Crippen LogP contribution is 2.39. The number of aliphatic carboxylic acids is 1. The van der Waals surface area contributed by atoms with Gasteiger partial charge >= 0.3 is 5.97 Å². The number of rotatable bonds is 8. The number of unbranched alkanes of at least 4 members (excludes halogenated alkanes) is 4. The van der Waals surface area contributed by atoms with Crippen molar-refractivity contribution in [3.63, 3.8) is 0 Å². The van der Waals surface area contributed by atoms with E-state index in [2.05, 4.69) is 12.1 Å². The second kappa shape index (κ2) is 6.83. The van der Waals surface area contributed by atoms with Crippen molar-refractivity contribution in [3.05, 3.63) is 23.8 Å². The van der Waals surface area contributed by atoms with Crippen molar-refractivity contribution in [1.82, 2.24) is 0 Å². The number of carbonyl (C=O) groups is 1. The van der Waals surface area contributed by atoms with Crippen LogP contribution >= 0.6 is 0 Å². The molecule has 0 unspecified atom stereocenters. The van der Waals surface area contributed by atoms with Gasteiger partial charge in [-0.05, 0) is 37.0 Å². The number of hydrogen-bond donors (Lipinski definition) is 1. The fourth-order valence-electron chi connectivity index (χ4n) is 2.56. The van der Waals surface area contributed by atoms with Crippen LogP contribution in [-0.4, -0.2) is 16.9 Å². The van der Waals surface area contributed by atoms with Crippen LogP contribution in [-0.2, 0) is 11.2 Å². The number of ether oxygens (including phenoxy) is 2. The summed E-state index contributed by atoms with van der Waals surface area (Å²) in [5.41, 5.74) is 1.26. The van der Waals surface area contributed by atoms with Crippen molar-refractivity contribution >= 4 is 5.97 Å². The van der Waals surface area contributed by atoms with Crippen molar-refractivity contribution < 1.29 is 19.4 Å². The van der Waals surface area contributed by atoms with E-state index in [1.165, 1.54) is 5.56 Å². The summed E-state index contributed by atoms with van der Waals surface area (Å²) >= 11 is 0. The van der Waals surface area contributed by atoms with E-state index < -0.39 is 11.8 Å². The number of fused-ring (bicyclic) bond motifs is 1. The molecule has 0 amide bonds. The van der Waals surface area contributed by atoms with Gasteiger partial charge in [0.05, 0.1) is 0 Å². The first-order valence-electron chi connectivity index (χ1n) is 7.69. The molecule has 4 nitrogen and oxygen atoms in total. The van der Waals surface area contributed by atoms with Crippen LogP contribution in [0.5, 0.6) is 11.5 Å². The Bertz CT molecular complexity index is 494. The number of benzene rings is 1. The zero-order valence-electron chi connectivity index (χ0n) is 12.9. The highest BCUT2D eigenvalue weighted by atomic mass is 16.7. The lowest BCUT2D eigenvalue weighted by atomic mass is 10.0. The molecule has 1 aliphatic heterocycles. The summed E-state index contributed by atoms with van der Waals surface area (Å²) in [6.07, 6.45) is 6.46. The van der Waals surface area contributed by atoms with E-state index in [0.29, 0.717) is 0 Å². The first kappa shape index (κ1) is 15.7. The molecular formula is C17H24O4. The van der Waals surface area contributed by atoms with E-state index in [1.807, 2.05) is 19.9 Å². The monoisotopic (exact) mass is 292 g/mol. The Kier molecular flexibility index (Phi) is 5.10. The van der Waals surface area contributed by atoms with Crippen molar-refractivity contribution in [3.8, 4) is 11.5 Å². The Morgan fingerprint density at radius 1 is 1.05 bits per heavy atom. The molecule has 0 atom stereocenters. The zero-order valence-corrected chi connectivity index (χ0v) is 12.9. The number of carboxylic acids is 1. The Labute approximate surface area is 126 Å².